The van der Waals surface area contributed by atoms with Gasteiger partial charge in [-0.3, -0.25) is 0 Å². The van der Waals surface area contributed by atoms with Crippen molar-refractivity contribution in [2.24, 2.45) is 0 Å². The average molecular weight is 370 g/mol. The summed E-state index contributed by atoms with van der Waals surface area (Å²) >= 11 is 0. The lowest BCUT2D eigenvalue weighted by Crippen LogP contribution is -2.18. The highest BCUT2D eigenvalue weighted by molar-refractivity contribution is 7.91. The second-order valence-electron chi connectivity index (χ2n) is 4.98. The van der Waals surface area contributed by atoms with Gasteiger partial charge in [-0.25, -0.2) is 8.42 Å². The van der Waals surface area contributed by atoms with Gasteiger partial charge in [-0.05, 0) is 24.3 Å². The van der Waals surface area contributed by atoms with Gasteiger partial charge in [0, 0.05) is 0 Å². The molecule has 2 aromatic rings. The minimum absolute atomic E-state index is 0.0485. The summed E-state index contributed by atoms with van der Waals surface area (Å²) in [6.07, 6.45) is -3.50. The minimum Gasteiger partial charge on any atom is -0.487 e. The van der Waals surface area contributed by atoms with Crippen LogP contribution >= 0.6 is 0 Å². The molecule has 0 spiro atoms. The van der Waals surface area contributed by atoms with Crippen LogP contribution in [-0.4, -0.2) is 54.6 Å². The SMILES string of the molecule is O=S(=O)(c1ccccc1OCC(O)O)c1ccccc1OCC(O)O. The van der Waals surface area contributed by atoms with Crippen LogP contribution in [0, 0.1) is 0 Å². The van der Waals surface area contributed by atoms with E-state index in [0.717, 1.165) is 0 Å². The molecule has 0 radical (unpaired) electrons. The standard InChI is InChI=1S/C16H18O8S/c17-15(18)9-23-11-5-1-3-7-13(11)25(21,22)14-8-4-2-6-12(14)24-10-16(19)20/h1-8,15-20H,9-10H2. The van der Waals surface area contributed by atoms with Crippen molar-refractivity contribution in [3.05, 3.63) is 48.5 Å². The topological polar surface area (TPSA) is 134 Å². The summed E-state index contributed by atoms with van der Waals surface area (Å²) in [5, 5.41) is 35.6. The smallest absolute Gasteiger partial charge is 0.213 e. The van der Waals surface area contributed by atoms with E-state index >= 15 is 0 Å². The highest BCUT2D eigenvalue weighted by Gasteiger charge is 2.26. The summed E-state index contributed by atoms with van der Waals surface area (Å²) in [6.45, 7) is -0.997. The van der Waals surface area contributed by atoms with Crippen LogP contribution in [0.5, 0.6) is 11.5 Å². The first-order chi connectivity index (χ1) is 11.8. The molecule has 0 bridgehead atoms. The molecule has 0 heterocycles. The third kappa shape index (κ3) is 4.91. The summed E-state index contributed by atoms with van der Waals surface area (Å²) in [7, 11) is -4.07. The van der Waals surface area contributed by atoms with Gasteiger partial charge in [-0.1, -0.05) is 24.3 Å². The monoisotopic (exact) mass is 370 g/mol. The lowest BCUT2D eigenvalue weighted by Gasteiger charge is -2.15. The highest BCUT2D eigenvalue weighted by Crippen LogP contribution is 2.34. The maximum atomic E-state index is 13.0. The Balaban J connectivity index is 2.43. The minimum atomic E-state index is -4.07. The zero-order valence-electron chi connectivity index (χ0n) is 13.0. The Kier molecular flexibility index (Phi) is 6.34. The second kappa shape index (κ2) is 8.28. The van der Waals surface area contributed by atoms with Gasteiger partial charge in [0.1, 0.15) is 34.5 Å². The van der Waals surface area contributed by atoms with Crippen molar-refractivity contribution in [1.82, 2.24) is 0 Å². The summed E-state index contributed by atoms with van der Waals surface area (Å²) < 4.78 is 36.2. The van der Waals surface area contributed by atoms with Gasteiger partial charge < -0.3 is 29.9 Å². The normalized spacial score (nSPS) is 11.8. The molecule has 9 heteroatoms. The number of para-hydroxylation sites is 2. The van der Waals surface area contributed by atoms with E-state index < -0.39 is 35.6 Å². The highest BCUT2D eigenvalue weighted by atomic mass is 32.2. The maximum absolute atomic E-state index is 13.0. The molecular weight excluding hydrogens is 352 g/mol. The molecule has 0 aliphatic heterocycles. The number of aliphatic hydroxyl groups is 4. The van der Waals surface area contributed by atoms with Gasteiger partial charge in [0.2, 0.25) is 9.84 Å². The molecular formula is C16H18O8S. The Labute approximate surface area is 144 Å². The fraction of sp³-hybridized carbons (Fsp3) is 0.250. The molecule has 4 N–H and O–H groups in total. The zero-order chi connectivity index (χ0) is 18.4. The Hall–Kier alpha value is -2.17. The van der Waals surface area contributed by atoms with Gasteiger partial charge in [-0.15, -0.1) is 0 Å². The van der Waals surface area contributed by atoms with E-state index in [9.17, 15) is 8.42 Å². The van der Waals surface area contributed by atoms with Crippen LogP contribution in [0.25, 0.3) is 0 Å². The molecule has 136 valence electrons. The van der Waals surface area contributed by atoms with Crippen LogP contribution in [-0.2, 0) is 9.84 Å². The molecule has 2 rings (SSSR count). The third-order valence-electron chi connectivity index (χ3n) is 3.05. The molecule has 0 unspecified atom stereocenters. The predicted molar refractivity (Wildman–Crippen MR) is 85.8 cm³/mol. The Morgan fingerprint density at radius 2 is 1.08 bits per heavy atom. The molecule has 2 aromatic carbocycles. The first-order valence-electron chi connectivity index (χ1n) is 7.23. The fourth-order valence-corrected chi connectivity index (χ4v) is 3.57. The lowest BCUT2D eigenvalue weighted by atomic mass is 10.3. The van der Waals surface area contributed by atoms with Crippen molar-refractivity contribution in [2.45, 2.75) is 22.4 Å². The summed E-state index contributed by atoms with van der Waals surface area (Å²) in [6, 6.07) is 11.5. The number of ether oxygens (including phenoxy) is 2. The second-order valence-corrected chi connectivity index (χ2v) is 6.87. The van der Waals surface area contributed by atoms with E-state index in [-0.39, 0.29) is 21.3 Å². The van der Waals surface area contributed by atoms with E-state index in [4.69, 9.17) is 29.9 Å². The van der Waals surface area contributed by atoms with E-state index in [1.165, 1.54) is 36.4 Å². The first kappa shape index (κ1) is 19.2. The molecule has 0 saturated carbocycles. The quantitative estimate of drug-likeness (QED) is 0.473. The lowest BCUT2D eigenvalue weighted by molar-refractivity contribution is -0.0688. The molecule has 0 atom stereocenters. The molecule has 0 aliphatic rings. The van der Waals surface area contributed by atoms with E-state index in [1.54, 1.807) is 12.1 Å². The van der Waals surface area contributed by atoms with Crippen molar-refractivity contribution < 1.29 is 38.3 Å². The van der Waals surface area contributed by atoms with E-state index in [2.05, 4.69) is 0 Å². The Morgan fingerprint density at radius 1 is 0.720 bits per heavy atom. The van der Waals surface area contributed by atoms with Crippen molar-refractivity contribution in [3.63, 3.8) is 0 Å². The number of benzene rings is 2. The number of sulfone groups is 1. The molecule has 0 fully saturated rings. The number of hydrogen-bond donors (Lipinski definition) is 4. The molecule has 8 nitrogen and oxygen atoms in total. The van der Waals surface area contributed by atoms with Crippen molar-refractivity contribution in [2.75, 3.05) is 13.2 Å². The van der Waals surface area contributed by atoms with Gasteiger partial charge in [0.05, 0.1) is 0 Å². The first-order valence-corrected chi connectivity index (χ1v) is 8.71. The van der Waals surface area contributed by atoms with Crippen LogP contribution < -0.4 is 9.47 Å². The van der Waals surface area contributed by atoms with Crippen molar-refractivity contribution in [1.29, 1.82) is 0 Å². The summed E-state index contributed by atoms with van der Waals surface area (Å²) in [4.78, 5) is -0.368. The van der Waals surface area contributed by atoms with Crippen LogP contribution in [0.4, 0.5) is 0 Å². The molecule has 0 amide bonds. The number of aliphatic hydroxyl groups excluding tert-OH is 2. The predicted octanol–water partition coefficient (Wildman–Crippen LogP) is -0.102. The van der Waals surface area contributed by atoms with Crippen LogP contribution in [0.3, 0.4) is 0 Å². The average Bonchev–Trinajstić information content (AvgIpc) is 2.58. The molecule has 0 aromatic heterocycles. The van der Waals surface area contributed by atoms with Crippen molar-refractivity contribution >= 4 is 9.84 Å². The van der Waals surface area contributed by atoms with Crippen LogP contribution in [0.2, 0.25) is 0 Å². The molecule has 0 saturated heterocycles. The maximum Gasteiger partial charge on any atom is 0.213 e. The molecule has 0 aliphatic carbocycles. The van der Waals surface area contributed by atoms with Gasteiger partial charge >= 0.3 is 0 Å². The fourth-order valence-electron chi connectivity index (χ4n) is 2.03. The molecule has 25 heavy (non-hydrogen) atoms. The van der Waals surface area contributed by atoms with Gasteiger partial charge in [-0.2, -0.15) is 0 Å². The summed E-state index contributed by atoms with van der Waals surface area (Å²) in [5.74, 6) is -0.0970. The zero-order valence-corrected chi connectivity index (χ0v) is 13.8. The van der Waals surface area contributed by atoms with Crippen molar-refractivity contribution in [3.8, 4) is 11.5 Å². The summed E-state index contributed by atoms with van der Waals surface area (Å²) in [5.41, 5.74) is 0. The van der Waals surface area contributed by atoms with Gasteiger partial charge in [0.25, 0.3) is 0 Å². The Morgan fingerprint density at radius 3 is 1.44 bits per heavy atom. The van der Waals surface area contributed by atoms with E-state index in [1.807, 2.05) is 0 Å². The Bertz CT molecular complexity index is 740. The van der Waals surface area contributed by atoms with Gasteiger partial charge in [0.15, 0.2) is 12.6 Å². The largest absolute Gasteiger partial charge is 0.487 e. The van der Waals surface area contributed by atoms with Crippen LogP contribution in [0.1, 0.15) is 0 Å². The number of hydrogen-bond acceptors (Lipinski definition) is 8. The number of rotatable bonds is 8. The third-order valence-corrected chi connectivity index (χ3v) is 4.89. The van der Waals surface area contributed by atoms with E-state index in [0.29, 0.717) is 0 Å². The van der Waals surface area contributed by atoms with Crippen LogP contribution in [0.15, 0.2) is 58.3 Å².